The molecule has 1 amide bonds. The lowest BCUT2D eigenvalue weighted by Crippen LogP contribution is -2.33. The van der Waals surface area contributed by atoms with Crippen molar-refractivity contribution in [3.8, 4) is 6.01 Å². The minimum absolute atomic E-state index is 0.313. The third-order valence-corrected chi connectivity index (χ3v) is 2.47. The second kappa shape index (κ2) is 4.51. The summed E-state index contributed by atoms with van der Waals surface area (Å²) in [6.45, 7) is 8.99. The summed E-state index contributed by atoms with van der Waals surface area (Å²) in [6, 6.07) is 0.520. The number of nitrogens with zero attached hydrogens (tertiary/aromatic N) is 2. The molecule has 0 unspecified atom stereocenters. The number of hydrogen-bond acceptors (Lipinski definition) is 4. The number of aromatic nitrogens is 2. The van der Waals surface area contributed by atoms with Crippen molar-refractivity contribution in [3.05, 3.63) is 11.4 Å². The number of fused-ring (bicyclic) bond motifs is 1. The molecule has 1 aliphatic heterocycles. The fourth-order valence-corrected chi connectivity index (χ4v) is 1.77. The molecule has 0 spiro atoms. The van der Waals surface area contributed by atoms with Crippen molar-refractivity contribution in [1.82, 2.24) is 14.9 Å². The molecule has 0 bridgehead atoms. The fraction of sp³-hybridized carbons (Fsp3) is 0.667. The highest BCUT2D eigenvalue weighted by Gasteiger charge is 2.30. The number of hydrogen-bond donors (Lipinski definition) is 1. The molecule has 0 aliphatic carbocycles. The minimum atomic E-state index is -0.475. The Morgan fingerprint density at radius 2 is 2.17 bits per heavy atom. The van der Waals surface area contributed by atoms with Gasteiger partial charge in [-0.2, -0.15) is 4.98 Å². The zero-order chi connectivity index (χ0) is 13.3. The quantitative estimate of drug-likeness (QED) is 0.876. The first-order chi connectivity index (χ1) is 8.39. The van der Waals surface area contributed by atoms with Crippen LogP contribution >= 0.6 is 0 Å². The first-order valence-corrected chi connectivity index (χ1v) is 6.07. The molecule has 0 saturated carbocycles. The van der Waals surface area contributed by atoms with Crippen molar-refractivity contribution in [2.45, 2.75) is 46.4 Å². The molecule has 6 heteroatoms. The molecule has 0 fully saturated rings. The number of rotatable bonds is 2. The smallest absolute Gasteiger partial charge is 0.410 e. The van der Waals surface area contributed by atoms with E-state index in [1.165, 1.54) is 0 Å². The molecule has 0 aromatic carbocycles. The van der Waals surface area contributed by atoms with E-state index >= 15 is 0 Å². The monoisotopic (exact) mass is 253 g/mol. The van der Waals surface area contributed by atoms with Gasteiger partial charge in [-0.3, -0.25) is 4.90 Å². The van der Waals surface area contributed by atoms with Gasteiger partial charge in [0.15, 0.2) is 0 Å². The average Bonchev–Trinajstić information content (AvgIpc) is 2.72. The molecule has 100 valence electrons. The van der Waals surface area contributed by atoms with Crippen LogP contribution in [0.4, 0.5) is 4.79 Å². The normalized spacial score (nSPS) is 14.6. The summed E-state index contributed by atoms with van der Waals surface area (Å²) in [5.41, 5.74) is 1.30. The van der Waals surface area contributed by atoms with Gasteiger partial charge >= 0.3 is 6.09 Å². The second-order valence-corrected chi connectivity index (χ2v) is 5.24. The van der Waals surface area contributed by atoms with Crippen LogP contribution in [-0.2, 0) is 17.8 Å². The second-order valence-electron chi connectivity index (χ2n) is 5.24. The number of aromatic amines is 1. The molecule has 1 aromatic heterocycles. The summed E-state index contributed by atoms with van der Waals surface area (Å²) < 4.78 is 10.6. The van der Waals surface area contributed by atoms with E-state index in [4.69, 9.17) is 9.47 Å². The summed E-state index contributed by atoms with van der Waals surface area (Å²) in [4.78, 5) is 20.8. The van der Waals surface area contributed by atoms with Gasteiger partial charge in [0.25, 0.3) is 6.01 Å². The Balaban J connectivity index is 1.98. The Kier molecular flexibility index (Phi) is 3.19. The van der Waals surface area contributed by atoms with E-state index in [2.05, 4.69) is 9.97 Å². The van der Waals surface area contributed by atoms with Crippen molar-refractivity contribution in [1.29, 1.82) is 0 Å². The molecule has 6 nitrogen and oxygen atoms in total. The first-order valence-electron chi connectivity index (χ1n) is 6.07. The summed E-state index contributed by atoms with van der Waals surface area (Å²) in [7, 11) is 0. The maximum atomic E-state index is 11.9. The fourth-order valence-electron chi connectivity index (χ4n) is 1.77. The van der Waals surface area contributed by atoms with Crippen LogP contribution in [0.3, 0.4) is 0 Å². The van der Waals surface area contributed by atoms with Crippen molar-refractivity contribution in [2.24, 2.45) is 0 Å². The predicted octanol–water partition coefficient (Wildman–Crippen LogP) is 2.06. The summed E-state index contributed by atoms with van der Waals surface area (Å²) in [6.07, 6.45) is -0.313. The molecule has 2 heterocycles. The largest absolute Gasteiger partial charge is 0.465 e. The number of carbonyl (C=O) groups excluding carboxylic acids is 1. The minimum Gasteiger partial charge on any atom is -0.465 e. The van der Waals surface area contributed by atoms with Gasteiger partial charge in [0.1, 0.15) is 5.60 Å². The zero-order valence-electron chi connectivity index (χ0n) is 11.2. The number of carbonyl (C=O) groups is 1. The lowest BCUT2D eigenvalue weighted by atomic mass is 10.2. The van der Waals surface area contributed by atoms with Gasteiger partial charge in [-0.1, -0.05) is 0 Å². The van der Waals surface area contributed by atoms with Crippen LogP contribution in [0.1, 0.15) is 39.1 Å². The van der Waals surface area contributed by atoms with Crippen molar-refractivity contribution in [3.63, 3.8) is 0 Å². The van der Waals surface area contributed by atoms with E-state index in [1.807, 2.05) is 27.7 Å². The maximum absolute atomic E-state index is 11.9. The van der Waals surface area contributed by atoms with E-state index in [9.17, 15) is 4.79 Å². The number of imidazole rings is 1. The average molecular weight is 253 g/mol. The lowest BCUT2D eigenvalue weighted by molar-refractivity contribution is 0.0238. The van der Waals surface area contributed by atoms with E-state index in [0.29, 0.717) is 25.7 Å². The lowest BCUT2D eigenvalue weighted by Gasteiger charge is -2.24. The molecule has 0 atom stereocenters. The highest BCUT2D eigenvalue weighted by atomic mass is 16.6. The van der Waals surface area contributed by atoms with E-state index in [0.717, 1.165) is 11.4 Å². The summed E-state index contributed by atoms with van der Waals surface area (Å²) in [5, 5.41) is 0. The molecule has 0 radical (unpaired) electrons. The van der Waals surface area contributed by atoms with Crippen LogP contribution in [0.5, 0.6) is 6.01 Å². The van der Waals surface area contributed by atoms with Gasteiger partial charge in [-0.15, -0.1) is 0 Å². The molecule has 2 rings (SSSR count). The van der Waals surface area contributed by atoms with E-state index in [-0.39, 0.29) is 6.09 Å². The van der Waals surface area contributed by atoms with Crippen LogP contribution in [-0.4, -0.2) is 33.2 Å². The van der Waals surface area contributed by atoms with Gasteiger partial charge in [-0.25, -0.2) is 4.79 Å². The van der Waals surface area contributed by atoms with Gasteiger partial charge in [-0.05, 0) is 27.7 Å². The van der Waals surface area contributed by atoms with Gasteiger partial charge in [0, 0.05) is 0 Å². The van der Waals surface area contributed by atoms with Crippen molar-refractivity contribution in [2.75, 3.05) is 6.61 Å². The van der Waals surface area contributed by atoms with Gasteiger partial charge < -0.3 is 14.5 Å². The van der Waals surface area contributed by atoms with Crippen molar-refractivity contribution < 1.29 is 14.3 Å². The Hall–Kier alpha value is -1.72. The predicted molar refractivity (Wildman–Crippen MR) is 65.2 cm³/mol. The molecular formula is C12H19N3O3. The van der Waals surface area contributed by atoms with Crippen LogP contribution in [0.15, 0.2) is 0 Å². The SMILES string of the molecule is CCOc1nc2c([nH]1)CN(C(=O)OC(C)(C)C)C2. The molecule has 18 heavy (non-hydrogen) atoms. The Labute approximate surface area is 106 Å². The Morgan fingerprint density at radius 1 is 1.44 bits per heavy atom. The molecule has 1 aromatic rings. The van der Waals surface area contributed by atoms with E-state index < -0.39 is 5.60 Å². The summed E-state index contributed by atoms with van der Waals surface area (Å²) >= 11 is 0. The highest BCUT2D eigenvalue weighted by Crippen LogP contribution is 2.24. The van der Waals surface area contributed by atoms with E-state index in [1.54, 1.807) is 4.90 Å². The van der Waals surface area contributed by atoms with Gasteiger partial charge in [0.2, 0.25) is 0 Å². The summed E-state index contributed by atoms with van der Waals surface area (Å²) in [5.74, 6) is 0. The molecule has 1 aliphatic rings. The Morgan fingerprint density at radius 3 is 2.72 bits per heavy atom. The number of nitrogens with one attached hydrogen (secondary N) is 1. The third-order valence-electron chi connectivity index (χ3n) is 2.47. The zero-order valence-corrected chi connectivity index (χ0v) is 11.2. The van der Waals surface area contributed by atoms with Crippen LogP contribution in [0, 0.1) is 0 Å². The Bertz CT molecular complexity index is 424. The van der Waals surface area contributed by atoms with Crippen LogP contribution in [0.2, 0.25) is 0 Å². The third kappa shape index (κ3) is 2.75. The number of H-pyrrole nitrogens is 1. The number of ether oxygens (including phenoxy) is 2. The van der Waals surface area contributed by atoms with Crippen molar-refractivity contribution >= 4 is 6.09 Å². The maximum Gasteiger partial charge on any atom is 0.410 e. The standard InChI is InChI=1S/C12H19N3O3/c1-5-17-10-13-8-6-15(7-9(8)14-10)11(16)18-12(2,3)4/h5-7H2,1-4H3,(H,13,14). The molecule has 1 N–H and O–H groups in total. The molecular weight excluding hydrogens is 234 g/mol. The topological polar surface area (TPSA) is 67.5 Å². The van der Waals surface area contributed by atoms with Gasteiger partial charge in [0.05, 0.1) is 31.1 Å². The molecule has 0 saturated heterocycles. The van der Waals surface area contributed by atoms with Crippen LogP contribution in [0.25, 0.3) is 0 Å². The number of amides is 1. The van der Waals surface area contributed by atoms with Crippen LogP contribution < -0.4 is 4.74 Å². The first kappa shape index (κ1) is 12.7. The highest BCUT2D eigenvalue weighted by molar-refractivity contribution is 5.69.